The van der Waals surface area contributed by atoms with Crippen LogP contribution in [0, 0.1) is 11.3 Å². The van der Waals surface area contributed by atoms with Crippen molar-refractivity contribution in [2.24, 2.45) is 0 Å². The van der Waals surface area contributed by atoms with Crippen LogP contribution in [0.25, 0.3) is 33.1 Å². The number of aromatic nitrogens is 3. The van der Waals surface area contributed by atoms with E-state index in [1.165, 1.54) is 0 Å². The third-order valence-corrected chi connectivity index (χ3v) is 9.99. The Balaban J connectivity index is 1.35. The van der Waals surface area contributed by atoms with Crippen molar-refractivity contribution in [1.29, 1.82) is 5.26 Å². The van der Waals surface area contributed by atoms with Crippen molar-refractivity contribution in [2.75, 3.05) is 55.8 Å². The molecule has 1 N–H and O–H groups in total. The third kappa shape index (κ3) is 7.10. The normalized spacial score (nSPS) is 20.6. The number of fused-ring (bicyclic) bond motifs is 2. The van der Waals surface area contributed by atoms with Crippen molar-refractivity contribution >= 4 is 39.3 Å². The predicted octanol–water partition coefficient (Wildman–Crippen LogP) is 7.08. The summed E-state index contributed by atoms with van der Waals surface area (Å²) < 4.78 is 19.5. The molecule has 2 atom stereocenters. The standard InChI is InChI=1S/C39H49N7O4/c1-38(2,3)50-37(47)41-28-9-8-15-45(24-28)36-30-23-29(44-16-19-48-20-17-44)13-11-26(30)21-32(42-36)35-31-22-27(39(4,5)25-40)12-14-33(31)46(43-35)34-10-6-7-18-49-34/h11-14,21-23,28,34H,6-10,15-20,24H2,1-5H3,(H,41,47)/t28-,34?/m0/s1. The summed E-state index contributed by atoms with van der Waals surface area (Å²) in [6, 6.07) is 17.4. The number of amides is 1. The van der Waals surface area contributed by atoms with Crippen molar-refractivity contribution in [1.82, 2.24) is 20.1 Å². The number of morpholine rings is 1. The van der Waals surface area contributed by atoms with Gasteiger partial charge in [0.05, 0.1) is 35.9 Å². The average molecular weight is 680 g/mol. The number of hydrogen-bond donors (Lipinski definition) is 1. The van der Waals surface area contributed by atoms with Gasteiger partial charge in [-0.2, -0.15) is 10.4 Å². The largest absolute Gasteiger partial charge is 0.444 e. The maximum atomic E-state index is 12.8. The first-order valence-electron chi connectivity index (χ1n) is 18.1. The van der Waals surface area contributed by atoms with E-state index in [-0.39, 0.29) is 12.3 Å². The lowest BCUT2D eigenvalue weighted by molar-refractivity contribution is -0.0365. The summed E-state index contributed by atoms with van der Waals surface area (Å²) in [6.07, 6.45) is 4.22. The molecule has 2 aromatic carbocycles. The molecule has 11 heteroatoms. The van der Waals surface area contributed by atoms with Gasteiger partial charge in [0, 0.05) is 55.3 Å². The number of anilines is 2. The highest BCUT2D eigenvalue weighted by Crippen LogP contribution is 2.39. The van der Waals surface area contributed by atoms with Crippen molar-refractivity contribution in [3.05, 3.63) is 48.0 Å². The Morgan fingerprint density at radius 3 is 2.50 bits per heavy atom. The molecule has 11 nitrogen and oxygen atoms in total. The number of nitrogens with zero attached hydrogens (tertiary/aromatic N) is 6. The number of carbonyl (C=O) groups is 1. The first-order valence-corrected chi connectivity index (χ1v) is 18.1. The number of rotatable bonds is 6. The molecule has 3 saturated heterocycles. The van der Waals surface area contributed by atoms with Gasteiger partial charge in [0.1, 0.15) is 17.1 Å². The highest BCUT2D eigenvalue weighted by atomic mass is 16.6. The van der Waals surface area contributed by atoms with Crippen LogP contribution in [0.2, 0.25) is 0 Å². The first-order chi connectivity index (χ1) is 24.0. The Hall–Kier alpha value is -4.40. The summed E-state index contributed by atoms with van der Waals surface area (Å²) in [6.45, 7) is 14.7. The Morgan fingerprint density at radius 1 is 0.940 bits per heavy atom. The highest BCUT2D eigenvalue weighted by molar-refractivity contribution is 6.00. The second kappa shape index (κ2) is 13.7. The molecule has 50 heavy (non-hydrogen) atoms. The smallest absolute Gasteiger partial charge is 0.407 e. The Bertz CT molecular complexity index is 1910. The summed E-state index contributed by atoms with van der Waals surface area (Å²) in [7, 11) is 0. The number of hydrogen-bond acceptors (Lipinski definition) is 9. The quantitative estimate of drug-likeness (QED) is 0.228. The average Bonchev–Trinajstić information content (AvgIpc) is 3.50. The van der Waals surface area contributed by atoms with E-state index in [1.54, 1.807) is 0 Å². The molecule has 5 heterocycles. The van der Waals surface area contributed by atoms with Gasteiger partial charge in [-0.1, -0.05) is 12.1 Å². The molecule has 0 bridgehead atoms. The molecule has 7 rings (SSSR count). The van der Waals surface area contributed by atoms with E-state index in [2.05, 4.69) is 57.6 Å². The number of nitrogens with one attached hydrogen (secondary N) is 1. The molecule has 3 aliphatic rings. The molecule has 0 spiro atoms. The van der Waals surface area contributed by atoms with Crippen LogP contribution < -0.4 is 15.1 Å². The number of alkyl carbamates (subject to hydrolysis) is 1. The van der Waals surface area contributed by atoms with Crippen LogP contribution in [-0.4, -0.2) is 78.5 Å². The molecule has 1 amide bonds. The molecule has 3 fully saturated rings. The van der Waals surface area contributed by atoms with E-state index in [0.29, 0.717) is 26.4 Å². The zero-order valence-corrected chi connectivity index (χ0v) is 30.0. The molecule has 0 saturated carbocycles. The van der Waals surface area contributed by atoms with Gasteiger partial charge in [-0.3, -0.25) is 0 Å². The van der Waals surface area contributed by atoms with Gasteiger partial charge >= 0.3 is 6.09 Å². The number of benzene rings is 2. The van der Waals surface area contributed by atoms with Gasteiger partial charge in [-0.05, 0) is 108 Å². The number of ether oxygens (including phenoxy) is 3. The molecule has 2 aromatic heterocycles. The lowest BCUT2D eigenvalue weighted by Crippen LogP contribution is -2.49. The van der Waals surface area contributed by atoms with Crippen molar-refractivity contribution in [3.63, 3.8) is 0 Å². The second-order valence-electron chi connectivity index (χ2n) is 15.4. The number of carbonyl (C=O) groups excluding carboxylic acids is 1. The van der Waals surface area contributed by atoms with E-state index < -0.39 is 17.1 Å². The first kappa shape index (κ1) is 34.1. The predicted molar refractivity (Wildman–Crippen MR) is 196 cm³/mol. The second-order valence-corrected chi connectivity index (χ2v) is 15.4. The lowest BCUT2D eigenvalue weighted by atomic mass is 9.85. The molecule has 3 aliphatic heterocycles. The van der Waals surface area contributed by atoms with Gasteiger partial charge in [0.15, 0.2) is 6.23 Å². The molecular formula is C39H49N7O4. The fourth-order valence-corrected chi connectivity index (χ4v) is 7.28. The third-order valence-electron chi connectivity index (χ3n) is 9.99. The van der Waals surface area contributed by atoms with Gasteiger partial charge in [-0.25, -0.2) is 14.5 Å². The maximum absolute atomic E-state index is 12.8. The van der Waals surface area contributed by atoms with Gasteiger partial charge in [0.25, 0.3) is 0 Å². The fraction of sp³-hybridized carbons (Fsp3) is 0.538. The minimum Gasteiger partial charge on any atom is -0.444 e. The van der Waals surface area contributed by atoms with E-state index in [9.17, 15) is 10.1 Å². The zero-order chi connectivity index (χ0) is 35.0. The zero-order valence-electron chi connectivity index (χ0n) is 30.0. The summed E-state index contributed by atoms with van der Waals surface area (Å²) >= 11 is 0. The molecule has 4 aromatic rings. The number of piperidine rings is 1. The van der Waals surface area contributed by atoms with E-state index in [1.807, 2.05) is 45.4 Å². The van der Waals surface area contributed by atoms with Crippen LogP contribution >= 0.6 is 0 Å². The summed E-state index contributed by atoms with van der Waals surface area (Å²) in [5.41, 5.74) is 3.33. The fourth-order valence-electron chi connectivity index (χ4n) is 7.28. The van der Waals surface area contributed by atoms with Crippen molar-refractivity contribution in [2.45, 2.75) is 90.0 Å². The van der Waals surface area contributed by atoms with E-state index in [0.717, 1.165) is 102 Å². The Morgan fingerprint density at radius 2 is 1.76 bits per heavy atom. The maximum Gasteiger partial charge on any atom is 0.407 e. The summed E-state index contributed by atoms with van der Waals surface area (Å²) in [5, 5.41) is 21.4. The molecule has 0 radical (unpaired) electrons. The highest BCUT2D eigenvalue weighted by Gasteiger charge is 2.29. The van der Waals surface area contributed by atoms with Crippen LogP contribution in [0.15, 0.2) is 42.5 Å². The van der Waals surface area contributed by atoms with Crippen molar-refractivity contribution < 1.29 is 19.0 Å². The van der Waals surface area contributed by atoms with Crippen LogP contribution in [0.5, 0.6) is 0 Å². The van der Waals surface area contributed by atoms with Crippen LogP contribution in [0.1, 0.15) is 78.5 Å². The van der Waals surface area contributed by atoms with E-state index >= 15 is 0 Å². The topological polar surface area (TPSA) is 118 Å². The molecular weight excluding hydrogens is 630 g/mol. The Kier molecular flexibility index (Phi) is 9.35. The molecule has 0 aliphatic carbocycles. The summed E-state index contributed by atoms with van der Waals surface area (Å²) in [5.74, 6) is 0.869. The van der Waals surface area contributed by atoms with Gasteiger partial charge < -0.3 is 29.3 Å². The van der Waals surface area contributed by atoms with Crippen LogP contribution in [0.4, 0.5) is 16.3 Å². The van der Waals surface area contributed by atoms with E-state index in [4.69, 9.17) is 24.3 Å². The van der Waals surface area contributed by atoms with Crippen LogP contribution in [0.3, 0.4) is 0 Å². The minimum atomic E-state index is -0.670. The van der Waals surface area contributed by atoms with Crippen molar-refractivity contribution in [3.8, 4) is 17.5 Å². The van der Waals surface area contributed by atoms with Gasteiger partial charge in [-0.15, -0.1) is 0 Å². The monoisotopic (exact) mass is 679 g/mol. The number of pyridine rings is 1. The SMILES string of the molecule is CC(C)(C)OC(=O)N[C@H]1CCCN(c2nc(-c3nn(C4CCCCO4)c4ccc(C(C)(C)C#N)cc34)cc3ccc(N4CCOCC4)cc23)C1. The lowest BCUT2D eigenvalue weighted by Gasteiger charge is -2.35. The summed E-state index contributed by atoms with van der Waals surface area (Å²) in [4.78, 5) is 22.9. The minimum absolute atomic E-state index is 0.0826. The van der Waals surface area contributed by atoms with Gasteiger partial charge in [0.2, 0.25) is 0 Å². The van der Waals surface area contributed by atoms with Crippen LogP contribution in [-0.2, 0) is 19.6 Å². The Labute approximate surface area is 294 Å². The molecule has 1 unspecified atom stereocenters. The number of nitriles is 1. The molecule has 264 valence electrons.